The lowest BCUT2D eigenvalue weighted by atomic mass is 10.0. The molecule has 6 nitrogen and oxygen atoms in total. The number of H-pyrrole nitrogens is 2. The molecule has 0 saturated heterocycles. The summed E-state index contributed by atoms with van der Waals surface area (Å²) in [6.07, 6.45) is 10.4. The number of carbonyl (C=O) groups excluding carboxylic acids is 1. The molecule has 1 unspecified atom stereocenters. The summed E-state index contributed by atoms with van der Waals surface area (Å²) >= 11 is 0. The fourth-order valence-electron chi connectivity index (χ4n) is 5.74. The Hall–Kier alpha value is -4.13. The minimum absolute atomic E-state index is 0.327. The molecule has 0 radical (unpaired) electrons. The summed E-state index contributed by atoms with van der Waals surface area (Å²) < 4.78 is 0. The summed E-state index contributed by atoms with van der Waals surface area (Å²) in [5.74, 6) is -0.527. The first-order valence-corrected chi connectivity index (χ1v) is 12.8. The molecule has 1 atom stereocenters. The average molecular weight is 491 g/mol. The second-order valence-electron chi connectivity index (χ2n) is 9.76. The third-order valence-electron chi connectivity index (χ3n) is 7.58. The molecule has 0 saturated carbocycles. The van der Waals surface area contributed by atoms with Gasteiger partial charge >= 0.3 is 0 Å². The van der Waals surface area contributed by atoms with Crippen molar-refractivity contribution in [2.24, 2.45) is 0 Å². The average Bonchev–Trinajstić information content (AvgIpc) is 3.66. The number of para-hydroxylation sites is 2. The fourth-order valence-corrected chi connectivity index (χ4v) is 5.74. The number of aryl methyl sites for hydroxylation is 1. The highest BCUT2D eigenvalue weighted by Gasteiger charge is 2.28. The number of rotatable bonds is 8. The topological polar surface area (TPSA) is 84.2 Å². The van der Waals surface area contributed by atoms with E-state index in [-0.39, 0.29) is 0 Å². The Kier molecular flexibility index (Phi) is 6.35. The van der Waals surface area contributed by atoms with E-state index in [9.17, 15) is 4.79 Å². The third kappa shape index (κ3) is 4.69. The maximum atomic E-state index is 11.4. The number of hydroxylamine groups is 1. The fraction of sp³-hybridized carbons (Fsp3) is 0.194. The number of carbonyl (C=O) groups is 1. The van der Waals surface area contributed by atoms with Crippen LogP contribution in [0.5, 0.6) is 0 Å². The van der Waals surface area contributed by atoms with Gasteiger partial charge in [-0.15, -0.1) is 0 Å². The van der Waals surface area contributed by atoms with Crippen molar-refractivity contribution < 1.29 is 10.0 Å². The van der Waals surface area contributed by atoms with Crippen LogP contribution in [0.4, 0.5) is 0 Å². The molecule has 1 aliphatic rings. The predicted molar refractivity (Wildman–Crippen MR) is 147 cm³/mol. The van der Waals surface area contributed by atoms with Crippen LogP contribution in [0.2, 0.25) is 0 Å². The highest BCUT2D eigenvalue weighted by molar-refractivity contribution is 5.90. The van der Waals surface area contributed by atoms with E-state index in [4.69, 9.17) is 5.21 Å². The van der Waals surface area contributed by atoms with E-state index in [1.165, 1.54) is 50.1 Å². The van der Waals surface area contributed by atoms with Crippen LogP contribution in [0, 0.1) is 0 Å². The Morgan fingerprint density at radius 1 is 0.973 bits per heavy atom. The maximum absolute atomic E-state index is 11.4. The Bertz CT molecular complexity index is 1600. The lowest BCUT2D eigenvalue weighted by Crippen LogP contribution is -2.29. The molecule has 0 fully saturated rings. The third-order valence-corrected chi connectivity index (χ3v) is 7.58. The van der Waals surface area contributed by atoms with Gasteiger partial charge in [0.05, 0.1) is 0 Å². The summed E-state index contributed by atoms with van der Waals surface area (Å²) in [5, 5.41) is 11.3. The van der Waals surface area contributed by atoms with E-state index in [0.717, 1.165) is 37.9 Å². The molecule has 186 valence electrons. The zero-order valence-electron chi connectivity index (χ0n) is 20.6. The summed E-state index contributed by atoms with van der Waals surface area (Å²) in [7, 11) is 0. The van der Waals surface area contributed by atoms with E-state index < -0.39 is 5.91 Å². The molecular weight excluding hydrogens is 460 g/mol. The molecule has 6 heteroatoms. The molecule has 1 aliphatic carbocycles. The van der Waals surface area contributed by atoms with Crippen LogP contribution in [-0.2, 0) is 24.2 Å². The van der Waals surface area contributed by atoms with E-state index in [0.29, 0.717) is 6.04 Å². The lowest BCUT2D eigenvalue weighted by Gasteiger charge is -2.30. The van der Waals surface area contributed by atoms with Crippen molar-refractivity contribution in [3.05, 3.63) is 113 Å². The molecule has 0 spiro atoms. The quantitative estimate of drug-likeness (QED) is 0.124. The monoisotopic (exact) mass is 490 g/mol. The van der Waals surface area contributed by atoms with Crippen molar-refractivity contribution >= 4 is 33.8 Å². The Morgan fingerprint density at radius 2 is 1.68 bits per heavy atom. The molecule has 1 amide bonds. The van der Waals surface area contributed by atoms with Crippen molar-refractivity contribution in [2.45, 2.75) is 31.8 Å². The van der Waals surface area contributed by atoms with E-state index in [1.807, 2.05) is 0 Å². The molecular formula is C31H30N4O2. The van der Waals surface area contributed by atoms with Gasteiger partial charge in [0, 0.05) is 59.4 Å². The molecule has 0 aliphatic heterocycles. The first kappa shape index (κ1) is 23.3. The molecule has 3 aromatic carbocycles. The van der Waals surface area contributed by atoms with Gasteiger partial charge in [-0.25, -0.2) is 5.48 Å². The second-order valence-corrected chi connectivity index (χ2v) is 9.76. The van der Waals surface area contributed by atoms with Gasteiger partial charge in [-0.1, -0.05) is 54.6 Å². The van der Waals surface area contributed by atoms with Gasteiger partial charge in [-0.2, -0.15) is 0 Å². The highest BCUT2D eigenvalue weighted by atomic mass is 16.5. The number of hydrogen-bond donors (Lipinski definition) is 4. The number of benzene rings is 3. The number of aromatic nitrogens is 2. The second kappa shape index (κ2) is 10.1. The van der Waals surface area contributed by atoms with Crippen LogP contribution in [0.1, 0.15) is 40.3 Å². The van der Waals surface area contributed by atoms with E-state index in [2.05, 4.69) is 94.0 Å². The number of nitrogens with one attached hydrogen (secondary N) is 3. The largest absolute Gasteiger partial charge is 0.361 e. The Labute approximate surface area is 215 Å². The van der Waals surface area contributed by atoms with Gasteiger partial charge in [0.15, 0.2) is 0 Å². The van der Waals surface area contributed by atoms with E-state index in [1.54, 1.807) is 11.6 Å². The molecule has 2 heterocycles. The predicted octanol–water partition coefficient (Wildman–Crippen LogP) is 5.90. The van der Waals surface area contributed by atoms with Crippen LogP contribution < -0.4 is 5.48 Å². The normalized spacial score (nSPS) is 15.2. The molecule has 4 N–H and O–H groups in total. The van der Waals surface area contributed by atoms with Crippen LogP contribution >= 0.6 is 0 Å². The molecule has 6 rings (SSSR count). The summed E-state index contributed by atoms with van der Waals surface area (Å²) in [5.41, 5.74) is 10.3. The summed E-state index contributed by atoms with van der Waals surface area (Å²) in [6.45, 7) is 1.82. The van der Waals surface area contributed by atoms with E-state index >= 15 is 0 Å². The van der Waals surface area contributed by atoms with Crippen molar-refractivity contribution in [1.29, 1.82) is 0 Å². The molecule has 5 aromatic rings. The smallest absolute Gasteiger partial charge is 0.267 e. The highest BCUT2D eigenvalue weighted by Crippen LogP contribution is 2.38. The minimum Gasteiger partial charge on any atom is -0.361 e. The summed E-state index contributed by atoms with van der Waals surface area (Å²) in [6, 6.07) is 23.8. The Morgan fingerprint density at radius 3 is 2.43 bits per heavy atom. The van der Waals surface area contributed by atoms with Gasteiger partial charge in [0.1, 0.15) is 0 Å². The van der Waals surface area contributed by atoms with Crippen LogP contribution in [-0.4, -0.2) is 32.5 Å². The first-order chi connectivity index (χ1) is 18.2. The van der Waals surface area contributed by atoms with Gasteiger partial charge in [0.25, 0.3) is 5.91 Å². The van der Waals surface area contributed by atoms with Crippen molar-refractivity contribution in [3.63, 3.8) is 0 Å². The van der Waals surface area contributed by atoms with Crippen LogP contribution in [0.15, 0.2) is 85.2 Å². The standard InChI is InChI=1S/C31H30N4O2/c36-31(34-37)14-10-21-9-12-27-22(17-21)11-13-30(27)35(20-24-19-33-29-8-4-2-6-26(24)29)16-15-23-18-32-28-7-3-1-5-25(23)28/h1-10,12,14,17-19,30,32-33,37H,11,13,15-16,20H2,(H,34,36). The molecule has 0 bridgehead atoms. The number of aromatic amines is 2. The zero-order chi connectivity index (χ0) is 25.2. The van der Waals surface area contributed by atoms with Gasteiger partial charge < -0.3 is 9.97 Å². The van der Waals surface area contributed by atoms with Crippen molar-refractivity contribution in [2.75, 3.05) is 6.54 Å². The molecule has 2 aromatic heterocycles. The maximum Gasteiger partial charge on any atom is 0.267 e. The first-order valence-electron chi connectivity index (χ1n) is 12.8. The summed E-state index contributed by atoms with van der Waals surface area (Å²) in [4.78, 5) is 20.9. The number of fused-ring (bicyclic) bond motifs is 3. The van der Waals surface area contributed by atoms with Crippen molar-refractivity contribution in [1.82, 2.24) is 20.3 Å². The SMILES string of the molecule is O=C(C=Cc1ccc2c(c1)CCC2N(CCc1c[nH]c2ccccc12)Cc1c[nH]c2ccccc12)NO. The van der Waals surface area contributed by atoms with Crippen LogP contribution in [0.25, 0.3) is 27.9 Å². The van der Waals surface area contributed by atoms with Crippen molar-refractivity contribution in [3.8, 4) is 0 Å². The molecule has 37 heavy (non-hydrogen) atoms. The number of amides is 1. The lowest BCUT2D eigenvalue weighted by molar-refractivity contribution is -0.124. The van der Waals surface area contributed by atoms with Gasteiger partial charge in [-0.05, 0) is 65.3 Å². The van der Waals surface area contributed by atoms with Gasteiger partial charge in [0.2, 0.25) is 0 Å². The Balaban J connectivity index is 1.29. The number of nitrogens with zero attached hydrogens (tertiary/aromatic N) is 1. The number of hydrogen-bond acceptors (Lipinski definition) is 3. The minimum atomic E-state index is -0.527. The van der Waals surface area contributed by atoms with Gasteiger partial charge in [-0.3, -0.25) is 14.9 Å². The zero-order valence-corrected chi connectivity index (χ0v) is 20.6. The van der Waals surface area contributed by atoms with Crippen LogP contribution in [0.3, 0.4) is 0 Å².